The number of phenols is 1. The van der Waals surface area contributed by atoms with Gasteiger partial charge in [0.2, 0.25) is 0 Å². The maximum atomic E-state index is 9.68. The van der Waals surface area contributed by atoms with Crippen LogP contribution < -0.4 is 0 Å². The minimum absolute atomic E-state index is 0.387. The van der Waals surface area contributed by atoms with Crippen molar-refractivity contribution in [3.05, 3.63) is 60.7 Å². The first kappa shape index (κ1) is 12.2. The van der Waals surface area contributed by atoms with Gasteiger partial charge in [0, 0.05) is 0 Å². The Labute approximate surface area is 122 Å². The van der Waals surface area contributed by atoms with Gasteiger partial charge in [0.05, 0.1) is 7.14 Å². The van der Waals surface area contributed by atoms with Crippen molar-refractivity contribution in [2.75, 3.05) is 0 Å². The molecule has 0 spiro atoms. The average Bonchev–Trinajstić information content (AvgIpc) is 2.27. The van der Waals surface area contributed by atoms with Gasteiger partial charge >= 0.3 is 0 Å². The molecule has 0 aromatic heterocycles. The first-order valence-corrected chi connectivity index (χ1v) is 7.03. The molecule has 2 aromatic rings. The number of halogens is 2. The molecule has 0 saturated carbocycles. The van der Waals surface area contributed by atoms with Crippen LogP contribution in [0.25, 0.3) is 0 Å². The van der Waals surface area contributed by atoms with Gasteiger partial charge in [-0.15, -0.1) is 0 Å². The van der Waals surface area contributed by atoms with E-state index in [0.717, 1.165) is 13.6 Å². The second-order valence-corrected chi connectivity index (χ2v) is 5.89. The Balaban J connectivity index is 2.29. The summed E-state index contributed by atoms with van der Waals surface area (Å²) in [6, 6.07) is 14.4. The van der Waals surface area contributed by atoms with E-state index in [0.29, 0.717) is 5.75 Å². The summed E-state index contributed by atoms with van der Waals surface area (Å²) in [5, 5.41) is 9.68. The van der Waals surface area contributed by atoms with E-state index in [2.05, 4.69) is 57.3 Å². The van der Waals surface area contributed by atoms with Crippen LogP contribution in [0.1, 0.15) is 11.1 Å². The minimum atomic E-state index is 0.387. The maximum Gasteiger partial charge on any atom is 0.142 e. The van der Waals surface area contributed by atoms with E-state index in [1.165, 1.54) is 11.1 Å². The van der Waals surface area contributed by atoms with Crippen molar-refractivity contribution < 1.29 is 5.11 Å². The lowest BCUT2D eigenvalue weighted by molar-refractivity contribution is 0.467. The van der Waals surface area contributed by atoms with Gasteiger partial charge in [-0.25, -0.2) is 0 Å². The van der Waals surface area contributed by atoms with Gasteiger partial charge in [-0.2, -0.15) is 0 Å². The van der Waals surface area contributed by atoms with Gasteiger partial charge in [0.25, 0.3) is 0 Å². The Morgan fingerprint density at radius 1 is 0.875 bits per heavy atom. The summed E-state index contributed by atoms with van der Waals surface area (Å²) in [5.41, 5.74) is 2.53. The third-order valence-electron chi connectivity index (χ3n) is 2.33. The van der Waals surface area contributed by atoms with Crippen molar-refractivity contribution in [3.63, 3.8) is 0 Å². The molecule has 0 radical (unpaired) electrons. The van der Waals surface area contributed by atoms with Crippen molar-refractivity contribution in [2.45, 2.75) is 6.42 Å². The van der Waals surface area contributed by atoms with Gasteiger partial charge in [-0.1, -0.05) is 30.3 Å². The molecular weight excluding hydrogens is 426 g/mol. The first-order valence-electron chi connectivity index (χ1n) is 4.87. The normalized spacial score (nSPS) is 10.4. The van der Waals surface area contributed by atoms with Crippen LogP contribution in [0.3, 0.4) is 0 Å². The minimum Gasteiger partial charge on any atom is -0.506 e. The molecule has 0 aliphatic carbocycles. The summed E-state index contributed by atoms with van der Waals surface area (Å²) in [5.74, 6) is 0.387. The number of phenolic OH excluding ortho intramolecular Hbond substituents is 1. The topological polar surface area (TPSA) is 20.2 Å². The van der Waals surface area contributed by atoms with E-state index in [-0.39, 0.29) is 0 Å². The molecule has 0 saturated heterocycles. The zero-order chi connectivity index (χ0) is 11.5. The quantitative estimate of drug-likeness (QED) is 0.701. The average molecular weight is 436 g/mol. The fourth-order valence-electron chi connectivity index (χ4n) is 1.55. The van der Waals surface area contributed by atoms with E-state index in [9.17, 15) is 5.11 Å². The second kappa shape index (κ2) is 5.35. The number of rotatable bonds is 2. The lowest BCUT2D eigenvalue weighted by Gasteiger charge is -2.06. The van der Waals surface area contributed by atoms with Gasteiger partial charge in [-0.3, -0.25) is 0 Å². The summed E-state index contributed by atoms with van der Waals surface area (Å²) in [6.07, 6.45) is 0.910. The molecule has 0 atom stereocenters. The monoisotopic (exact) mass is 436 g/mol. The van der Waals surface area contributed by atoms with Crippen LogP contribution >= 0.6 is 45.2 Å². The maximum absolute atomic E-state index is 9.68. The predicted octanol–water partition coefficient (Wildman–Crippen LogP) is 4.19. The molecule has 0 fully saturated rings. The van der Waals surface area contributed by atoms with Crippen molar-refractivity contribution in [3.8, 4) is 5.75 Å². The Morgan fingerprint density at radius 2 is 1.44 bits per heavy atom. The molecule has 0 aliphatic heterocycles. The highest BCUT2D eigenvalue weighted by Crippen LogP contribution is 2.28. The molecule has 82 valence electrons. The van der Waals surface area contributed by atoms with Crippen molar-refractivity contribution in [1.29, 1.82) is 0 Å². The largest absolute Gasteiger partial charge is 0.506 e. The molecule has 2 rings (SSSR count). The van der Waals surface area contributed by atoms with Crippen LogP contribution in [-0.4, -0.2) is 5.11 Å². The lowest BCUT2D eigenvalue weighted by Crippen LogP contribution is -1.90. The van der Waals surface area contributed by atoms with Crippen LogP contribution in [0.4, 0.5) is 0 Å². The fraction of sp³-hybridized carbons (Fsp3) is 0.0769. The number of hydrogen-bond donors (Lipinski definition) is 1. The van der Waals surface area contributed by atoms with Crippen LogP contribution in [0.2, 0.25) is 0 Å². The van der Waals surface area contributed by atoms with Crippen molar-refractivity contribution in [1.82, 2.24) is 0 Å². The summed E-state index contributed by atoms with van der Waals surface area (Å²) in [4.78, 5) is 0. The molecule has 0 heterocycles. The highest BCUT2D eigenvalue weighted by molar-refractivity contribution is 14.1. The number of hydrogen-bond acceptors (Lipinski definition) is 1. The second-order valence-electron chi connectivity index (χ2n) is 3.57. The van der Waals surface area contributed by atoms with Crippen LogP contribution in [0.15, 0.2) is 42.5 Å². The van der Waals surface area contributed by atoms with Gasteiger partial charge in [-0.05, 0) is 74.9 Å². The van der Waals surface area contributed by atoms with Gasteiger partial charge in [0.15, 0.2) is 0 Å². The van der Waals surface area contributed by atoms with Crippen LogP contribution in [-0.2, 0) is 6.42 Å². The molecule has 0 bridgehead atoms. The Kier molecular flexibility index (Phi) is 4.07. The molecule has 1 N–H and O–H groups in total. The SMILES string of the molecule is Oc1c(I)cc(Cc2ccccc2)cc1I. The molecule has 0 aliphatic rings. The molecule has 1 nitrogen and oxygen atoms in total. The lowest BCUT2D eigenvalue weighted by atomic mass is 10.1. The van der Waals surface area contributed by atoms with Crippen LogP contribution in [0, 0.1) is 7.14 Å². The summed E-state index contributed by atoms with van der Waals surface area (Å²) in [7, 11) is 0. The summed E-state index contributed by atoms with van der Waals surface area (Å²) >= 11 is 4.33. The number of benzene rings is 2. The van der Waals surface area contributed by atoms with E-state index in [4.69, 9.17) is 0 Å². The molecule has 2 aromatic carbocycles. The van der Waals surface area contributed by atoms with Crippen molar-refractivity contribution in [2.24, 2.45) is 0 Å². The highest BCUT2D eigenvalue weighted by atomic mass is 127. The van der Waals surface area contributed by atoms with Crippen molar-refractivity contribution >= 4 is 45.2 Å². The zero-order valence-corrected chi connectivity index (χ0v) is 12.8. The summed E-state index contributed by atoms with van der Waals surface area (Å²) < 4.78 is 1.82. The van der Waals surface area contributed by atoms with E-state index in [1.54, 1.807) is 0 Å². The molecule has 0 amide bonds. The Morgan fingerprint density at radius 3 is 2.00 bits per heavy atom. The van der Waals surface area contributed by atoms with E-state index in [1.807, 2.05) is 30.3 Å². The fourth-order valence-corrected chi connectivity index (χ4v) is 3.45. The van der Waals surface area contributed by atoms with Crippen LogP contribution in [0.5, 0.6) is 5.75 Å². The third kappa shape index (κ3) is 2.88. The zero-order valence-electron chi connectivity index (χ0n) is 8.45. The molecular formula is C13H10I2O. The first-order chi connectivity index (χ1) is 7.66. The molecule has 3 heteroatoms. The standard InChI is InChI=1S/C13H10I2O/c14-11-7-10(8-12(15)13(11)16)6-9-4-2-1-3-5-9/h1-5,7-8,16H,6H2. The summed E-state index contributed by atoms with van der Waals surface area (Å²) in [6.45, 7) is 0. The van der Waals surface area contributed by atoms with Gasteiger partial charge in [0.1, 0.15) is 5.75 Å². The predicted molar refractivity (Wildman–Crippen MR) is 82.8 cm³/mol. The third-order valence-corrected chi connectivity index (χ3v) is 3.97. The molecule has 16 heavy (non-hydrogen) atoms. The highest BCUT2D eigenvalue weighted by Gasteiger charge is 2.05. The number of aromatic hydroxyl groups is 1. The Hall–Kier alpha value is -0.300. The Bertz CT molecular complexity index is 472. The smallest absolute Gasteiger partial charge is 0.142 e. The van der Waals surface area contributed by atoms with E-state index >= 15 is 0 Å². The molecule has 0 unspecified atom stereocenters. The van der Waals surface area contributed by atoms with E-state index < -0.39 is 0 Å². The van der Waals surface area contributed by atoms with Gasteiger partial charge < -0.3 is 5.11 Å².